The number of ketones is 1. The zero-order valence-electron chi connectivity index (χ0n) is 12.8. The summed E-state index contributed by atoms with van der Waals surface area (Å²) < 4.78 is 0. The van der Waals surface area contributed by atoms with Gasteiger partial charge in [-0.25, -0.2) is 4.79 Å². The lowest BCUT2D eigenvalue weighted by molar-refractivity contribution is 0.102. The first-order valence-corrected chi connectivity index (χ1v) is 8.05. The van der Waals surface area contributed by atoms with Gasteiger partial charge in [0.15, 0.2) is 5.78 Å². The molecule has 0 spiro atoms. The maximum absolute atomic E-state index is 13.0. The van der Waals surface area contributed by atoms with Crippen LogP contribution < -0.4 is 10.6 Å². The summed E-state index contributed by atoms with van der Waals surface area (Å²) in [5, 5.41) is 6.60. The molecule has 3 rings (SSSR count). The Labute approximate surface area is 149 Å². The number of urea groups is 1. The number of nitrogens with one attached hydrogen (secondary N) is 2. The third-order valence-electron chi connectivity index (χ3n) is 3.82. The van der Waals surface area contributed by atoms with Gasteiger partial charge in [-0.1, -0.05) is 35.3 Å². The average molecular weight is 361 g/mol. The van der Waals surface area contributed by atoms with Gasteiger partial charge < -0.3 is 10.6 Å². The maximum Gasteiger partial charge on any atom is 0.319 e. The van der Waals surface area contributed by atoms with Gasteiger partial charge >= 0.3 is 6.03 Å². The number of hydrogen-bond donors (Lipinski definition) is 2. The molecule has 0 saturated heterocycles. The van der Waals surface area contributed by atoms with Crippen LogP contribution in [0, 0.1) is 0 Å². The predicted octanol–water partition coefficient (Wildman–Crippen LogP) is 4.50. The van der Waals surface area contributed by atoms with Crippen LogP contribution in [0.2, 0.25) is 10.0 Å². The number of Topliss-reactive ketones (excluding diaryl/α,β-unsaturated/α-hetero) is 1. The van der Waals surface area contributed by atoms with E-state index in [9.17, 15) is 9.59 Å². The molecule has 1 atom stereocenters. The van der Waals surface area contributed by atoms with Gasteiger partial charge in [-0.3, -0.25) is 4.79 Å². The summed E-state index contributed by atoms with van der Waals surface area (Å²) >= 11 is 11.8. The van der Waals surface area contributed by atoms with Crippen LogP contribution in [0.15, 0.2) is 59.8 Å². The molecule has 2 N–H and O–H groups in total. The van der Waals surface area contributed by atoms with Gasteiger partial charge in [-0.15, -0.1) is 0 Å². The van der Waals surface area contributed by atoms with Crippen molar-refractivity contribution in [3.63, 3.8) is 0 Å². The number of carbonyl (C=O) groups is 2. The minimum atomic E-state index is -0.542. The molecule has 0 saturated carbocycles. The summed E-state index contributed by atoms with van der Waals surface area (Å²) in [5.41, 5.74) is 2.30. The summed E-state index contributed by atoms with van der Waals surface area (Å²) in [7, 11) is 0. The Morgan fingerprint density at radius 3 is 2.08 bits per heavy atom. The maximum atomic E-state index is 13.0. The molecule has 2 amide bonds. The lowest BCUT2D eigenvalue weighted by Gasteiger charge is -2.28. The molecule has 0 aliphatic carbocycles. The highest BCUT2D eigenvalue weighted by Crippen LogP contribution is 2.30. The second kappa shape index (κ2) is 6.67. The molecule has 0 bridgehead atoms. The Balaban J connectivity index is 2.04. The van der Waals surface area contributed by atoms with Crippen molar-refractivity contribution in [2.24, 2.45) is 0 Å². The summed E-state index contributed by atoms with van der Waals surface area (Å²) in [5.74, 6) is -0.170. The monoisotopic (exact) mass is 360 g/mol. The Morgan fingerprint density at radius 1 is 0.958 bits per heavy atom. The van der Waals surface area contributed by atoms with Crippen LogP contribution in [0.5, 0.6) is 0 Å². The van der Waals surface area contributed by atoms with E-state index in [4.69, 9.17) is 23.2 Å². The third kappa shape index (κ3) is 3.30. The second-order valence-corrected chi connectivity index (χ2v) is 6.33. The first-order valence-electron chi connectivity index (χ1n) is 7.29. The van der Waals surface area contributed by atoms with Crippen LogP contribution in [0.1, 0.15) is 28.9 Å². The van der Waals surface area contributed by atoms with Gasteiger partial charge in [0.1, 0.15) is 0 Å². The topological polar surface area (TPSA) is 58.2 Å². The van der Waals surface area contributed by atoms with Crippen molar-refractivity contribution in [1.82, 2.24) is 10.6 Å². The van der Waals surface area contributed by atoms with Gasteiger partial charge in [0.05, 0.1) is 6.04 Å². The van der Waals surface area contributed by atoms with Crippen molar-refractivity contribution in [3.8, 4) is 0 Å². The van der Waals surface area contributed by atoms with E-state index < -0.39 is 6.04 Å². The summed E-state index contributed by atoms with van der Waals surface area (Å²) in [6, 6.07) is 12.8. The Kier molecular flexibility index (Phi) is 4.60. The van der Waals surface area contributed by atoms with Crippen LogP contribution in [0.25, 0.3) is 0 Å². The number of halogens is 2. The molecule has 1 aliphatic heterocycles. The van der Waals surface area contributed by atoms with Crippen LogP contribution in [-0.4, -0.2) is 11.8 Å². The standard InChI is InChI=1S/C18H14Cl2N2O2/c1-10-15(17(23)12-4-8-14(20)9-5-12)16(22-18(24)21-10)11-2-6-13(19)7-3-11/h2-9,16H,1H3,(H2,21,22,24)/t16-/m1/s1. The molecule has 2 aromatic rings. The molecular weight excluding hydrogens is 347 g/mol. The highest BCUT2D eigenvalue weighted by Gasteiger charge is 2.31. The Bertz CT molecular complexity index is 827. The van der Waals surface area contributed by atoms with E-state index in [1.54, 1.807) is 55.5 Å². The largest absolute Gasteiger partial charge is 0.327 e. The highest BCUT2D eigenvalue weighted by atomic mass is 35.5. The van der Waals surface area contributed by atoms with Gasteiger partial charge in [-0.05, 0) is 48.9 Å². The molecule has 122 valence electrons. The first kappa shape index (κ1) is 16.6. The van der Waals surface area contributed by atoms with Crippen molar-refractivity contribution < 1.29 is 9.59 Å². The smallest absolute Gasteiger partial charge is 0.319 e. The fourth-order valence-electron chi connectivity index (χ4n) is 2.66. The fraction of sp³-hybridized carbons (Fsp3) is 0.111. The zero-order valence-corrected chi connectivity index (χ0v) is 14.3. The zero-order chi connectivity index (χ0) is 17.3. The van der Waals surface area contributed by atoms with Crippen LogP contribution in [-0.2, 0) is 0 Å². The number of amides is 2. The summed E-state index contributed by atoms with van der Waals surface area (Å²) in [4.78, 5) is 24.8. The van der Waals surface area contributed by atoms with E-state index in [1.165, 1.54) is 0 Å². The van der Waals surface area contributed by atoms with E-state index in [0.29, 0.717) is 26.9 Å². The van der Waals surface area contributed by atoms with Crippen molar-refractivity contribution in [2.45, 2.75) is 13.0 Å². The first-order chi connectivity index (χ1) is 11.5. The molecule has 0 unspecified atom stereocenters. The van der Waals surface area contributed by atoms with Gasteiger partial charge in [0.25, 0.3) is 0 Å². The number of benzene rings is 2. The van der Waals surface area contributed by atoms with E-state index in [1.807, 2.05) is 0 Å². The molecular formula is C18H14Cl2N2O2. The summed E-state index contributed by atoms with van der Waals surface area (Å²) in [6.07, 6.45) is 0. The summed E-state index contributed by atoms with van der Waals surface area (Å²) in [6.45, 7) is 1.71. The van der Waals surface area contributed by atoms with Gasteiger partial charge in [-0.2, -0.15) is 0 Å². The van der Waals surface area contributed by atoms with E-state index >= 15 is 0 Å². The van der Waals surface area contributed by atoms with E-state index in [0.717, 1.165) is 5.56 Å². The van der Waals surface area contributed by atoms with Crippen LogP contribution in [0.3, 0.4) is 0 Å². The molecule has 0 radical (unpaired) electrons. The lowest BCUT2D eigenvalue weighted by Crippen LogP contribution is -2.45. The van der Waals surface area contributed by atoms with Crippen LogP contribution >= 0.6 is 23.2 Å². The minimum absolute atomic E-state index is 0.170. The second-order valence-electron chi connectivity index (χ2n) is 5.46. The Morgan fingerprint density at radius 2 is 1.50 bits per heavy atom. The molecule has 2 aromatic carbocycles. The quantitative estimate of drug-likeness (QED) is 0.791. The number of allylic oxidation sites excluding steroid dienone is 1. The third-order valence-corrected chi connectivity index (χ3v) is 4.33. The SMILES string of the molecule is CC1=C(C(=O)c2ccc(Cl)cc2)[C@@H](c2ccc(Cl)cc2)NC(=O)N1. The van der Waals surface area contributed by atoms with E-state index in [-0.39, 0.29) is 11.8 Å². The molecule has 6 heteroatoms. The van der Waals surface area contributed by atoms with Crippen molar-refractivity contribution in [2.75, 3.05) is 0 Å². The molecule has 0 aromatic heterocycles. The number of rotatable bonds is 3. The van der Waals surface area contributed by atoms with Gasteiger partial charge in [0.2, 0.25) is 0 Å². The lowest BCUT2D eigenvalue weighted by atomic mass is 9.90. The van der Waals surface area contributed by atoms with Gasteiger partial charge in [0, 0.05) is 26.9 Å². The predicted molar refractivity (Wildman–Crippen MR) is 94.3 cm³/mol. The molecule has 1 aliphatic rings. The fourth-order valence-corrected chi connectivity index (χ4v) is 2.91. The molecule has 1 heterocycles. The van der Waals surface area contributed by atoms with Crippen LogP contribution in [0.4, 0.5) is 4.79 Å². The number of hydrogen-bond acceptors (Lipinski definition) is 2. The van der Waals surface area contributed by atoms with Crippen molar-refractivity contribution >= 4 is 35.0 Å². The normalized spacial score (nSPS) is 17.3. The Hall–Kier alpha value is -2.30. The van der Waals surface area contributed by atoms with Crippen molar-refractivity contribution in [1.29, 1.82) is 0 Å². The molecule has 24 heavy (non-hydrogen) atoms. The highest BCUT2D eigenvalue weighted by molar-refractivity contribution is 6.31. The van der Waals surface area contributed by atoms with E-state index in [2.05, 4.69) is 10.6 Å². The minimum Gasteiger partial charge on any atom is -0.327 e. The molecule has 0 fully saturated rings. The average Bonchev–Trinajstić information content (AvgIpc) is 2.55. The molecule has 4 nitrogen and oxygen atoms in total. The van der Waals surface area contributed by atoms with Crippen molar-refractivity contribution in [3.05, 3.63) is 81.0 Å². The number of carbonyl (C=O) groups excluding carboxylic acids is 2.